The van der Waals surface area contributed by atoms with Gasteiger partial charge in [0, 0.05) is 23.1 Å². The van der Waals surface area contributed by atoms with Crippen molar-refractivity contribution in [2.24, 2.45) is 0 Å². The van der Waals surface area contributed by atoms with Gasteiger partial charge in [-0.25, -0.2) is 4.98 Å². The summed E-state index contributed by atoms with van der Waals surface area (Å²) >= 11 is 6.10. The van der Waals surface area contributed by atoms with E-state index in [2.05, 4.69) is 36.4 Å². The van der Waals surface area contributed by atoms with Crippen LogP contribution in [0.4, 0.5) is 17.2 Å². The van der Waals surface area contributed by atoms with Crippen molar-refractivity contribution >= 4 is 34.7 Å². The standard InChI is InChI=1S/C22H22ClN3O/c1-22(2,3)16-8-12-18(13-9-16)26-21(27)15-6-10-17(11-7-15)25-20-19(23)5-4-14-24-20/h4-14H,1-3H3,(H,24,25)(H,26,27). The predicted molar refractivity (Wildman–Crippen MR) is 112 cm³/mol. The highest BCUT2D eigenvalue weighted by Gasteiger charge is 2.13. The summed E-state index contributed by atoms with van der Waals surface area (Å²) in [6, 6.07) is 18.6. The smallest absolute Gasteiger partial charge is 0.255 e. The SMILES string of the molecule is CC(C)(C)c1ccc(NC(=O)c2ccc(Nc3ncccc3Cl)cc2)cc1. The molecule has 2 N–H and O–H groups in total. The Labute approximate surface area is 164 Å². The first kappa shape index (κ1) is 18.9. The van der Waals surface area contributed by atoms with E-state index in [0.717, 1.165) is 11.4 Å². The Bertz CT molecular complexity index is 929. The second-order valence-electron chi connectivity index (χ2n) is 7.32. The van der Waals surface area contributed by atoms with E-state index in [0.29, 0.717) is 16.4 Å². The van der Waals surface area contributed by atoms with E-state index in [1.165, 1.54) is 5.56 Å². The second-order valence-corrected chi connectivity index (χ2v) is 7.72. The Kier molecular flexibility index (Phi) is 5.47. The van der Waals surface area contributed by atoms with E-state index >= 15 is 0 Å². The molecule has 0 radical (unpaired) electrons. The van der Waals surface area contributed by atoms with Crippen LogP contribution in [-0.2, 0) is 5.41 Å². The number of hydrogen-bond donors (Lipinski definition) is 2. The minimum absolute atomic E-state index is 0.0852. The molecule has 4 nitrogen and oxygen atoms in total. The van der Waals surface area contributed by atoms with Crippen LogP contribution in [-0.4, -0.2) is 10.9 Å². The number of pyridine rings is 1. The van der Waals surface area contributed by atoms with Crippen molar-refractivity contribution < 1.29 is 4.79 Å². The molecule has 3 rings (SSSR count). The third kappa shape index (κ3) is 4.86. The molecule has 3 aromatic rings. The fourth-order valence-corrected chi connectivity index (χ4v) is 2.74. The minimum atomic E-state index is -0.152. The number of carbonyl (C=O) groups excluding carboxylic acids is 1. The van der Waals surface area contributed by atoms with Gasteiger partial charge < -0.3 is 10.6 Å². The first-order valence-electron chi connectivity index (χ1n) is 8.72. The third-order valence-corrected chi connectivity index (χ3v) is 4.48. The number of anilines is 3. The highest BCUT2D eigenvalue weighted by Crippen LogP contribution is 2.24. The van der Waals surface area contributed by atoms with Crippen LogP contribution in [0.1, 0.15) is 36.7 Å². The largest absolute Gasteiger partial charge is 0.339 e. The lowest BCUT2D eigenvalue weighted by Gasteiger charge is -2.19. The fraction of sp³-hybridized carbons (Fsp3) is 0.182. The zero-order valence-corrected chi connectivity index (χ0v) is 16.3. The molecule has 0 atom stereocenters. The van der Waals surface area contributed by atoms with Crippen molar-refractivity contribution in [3.8, 4) is 0 Å². The lowest BCUT2D eigenvalue weighted by atomic mass is 9.87. The molecule has 1 aromatic heterocycles. The molecule has 1 heterocycles. The molecule has 0 saturated carbocycles. The molecule has 0 bridgehead atoms. The van der Waals surface area contributed by atoms with Crippen LogP contribution >= 0.6 is 11.6 Å². The van der Waals surface area contributed by atoms with Gasteiger partial charge in [0.25, 0.3) is 5.91 Å². The number of nitrogens with zero attached hydrogens (tertiary/aromatic N) is 1. The summed E-state index contributed by atoms with van der Waals surface area (Å²) in [5.41, 5.74) is 3.47. The monoisotopic (exact) mass is 379 g/mol. The van der Waals surface area contributed by atoms with E-state index in [-0.39, 0.29) is 11.3 Å². The maximum absolute atomic E-state index is 12.5. The summed E-state index contributed by atoms with van der Waals surface area (Å²) in [4.78, 5) is 16.6. The molecule has 1 amide bonds. The molecular formula is C22H22ClN3O. The van der Waals surface area contributed by atoms with Gasteiger partial charge >= 0.3 is 0 Å². The molecule has 0 fully saturated rings. The Morgan fingerprint density at radius 1 is 0.926 bits per heavy atom. The normalized spacial score (nSPS) is 11.1. The second kappa shape index (κ2) is 7.80. The number of amides is 1. The maximum Gasteiger partial charge on any atom is 0.255 e. The minimum Gasteiger partial charge on any atom is -0.339 e. The van der Waals surface area contributed by atoms with Gasteiger partial charge in [0.1, 0.15) is 5.82 Å². The molecule has 27 heavy (non-hydrogen) atoms. The Morgan fingerprint density at radius 2 is 1.56 bits per heavy atom. The number of rotatable bonds is 4. The summed E-state index contributed by atoms with van der Waals surface area (Å²) in [6.07, 6.45) is 1.67. The van der Waals surface area contributed by atoms with Crippen LogP contribution in [0.15, 0.2) is 66.9 Å². The van der Waals surface area contributed by atoms with Crippen molar-refractivity contribution in [1.29, 1.82) is 0 Å². The molecule has 0 saturated heterocycles. The topological polar surface area (TPSA) is 54.0 Å². The van der Waals surface area contributed by atoms with Gasteiger partial charge in [-0.05, 0) is 59.5 Å². The molecule has 0 aliphatic carbocycles. The average molecular weight is 380 g/mol. The zero-order chi connectivity index (χ0) is 19.4. The summed E-state index contributed by atoms with van der Waals surface area (Å²) in [6.45, 7) is 6.48. The quantitative estimate of drug-likeness (QED) is 0.582. The highest BCUT2D eigenvalue weighted by molar-refractivity contribution is 6.33. The molecule has 0 aliphatic rings. The summed E-state index contributed by atoms with van der Waals surface area (Å²) in [5, 5.41) is 6.60. The lowest BCUT2D eigenvalue weighted by Crippen LogP contribution is -2.13. The van der Waals surface area contributed by atoms with E-state index in [1.807, 2.05) is 36.4 Å². The van der Waals surface area contributed by atoms with Crippen LogP contribution in [0.25, 0.3) is 0 Å². The van der Waals surface area contributed by atoms with E-state index in [4.69, 9.17) is 11.6 Å². The van der Waals surface area contributed by atoms with Crippen molar-refractivity contribution in [3.05, 3.63) is 83.0 Å². The summed E-state index contributed by atoms with van der Waals surface area (Å²) in [5.74, 6) is 0.427. The third-order valence-electron chi connectivity index (χ3n) is 4.18. The van der Waals surface area contributed by atoms with Crippen LogP contribution in [0.2, 0.25) is 5.02 Å². The van der Waals surface area contributed by atoms with Gasteiger partial charge in [-0.15, -0.1) is 0 Å². The van der Waals surface area contributed by atoms with Gasteiger partial charge in [-0.2, -0.15) is 0 Å². The van der Waals surface area contributed by atoms with Gasteiger partial charge in [0.2, 0.25) is 0 Å². The molecule has 138 valence electrons. The zero-order valence-electron chi connectivity index (χ0n) is 15.6. The number of benzene rings is 2. The van der Waals surface area contributed by atoms with Crippen molar-refractivity contribution in [1.82, 2.24) is 4.98 Å². The molecule has 2 aromatic carbocycles. The molecule has 0 aliphatic heterocycles. The van der Waals surface area contributed by atoms with E-state index in [9.17, 15) is 4.79 Å². The van der Waals surface area contributed by atoms with Gasteiger partial charge in [-0.1, -0.05) is 44.5 Å². The Hall–Kier alpha value is -2.85. The maximum atomic E-state index is 12.5. The number of nitrogens with one attached hydrogen (secondary N) is 2. The van der Waals surface area contributed by atoms with Gasteiger partial charge in [0.05, 0.1) is 5.02 Å². The first-order valence-corrected chi connectivity index (χ1v) is 9.10. The molecule has 5 heteroatoms. The van der Waals surface area contributed by atoms with Crippen LogP contribution in [0, 0.1) is 0 Å². The van der Waals surface area contributed by atoms with E-state index < -0.39 is 0 Å². The lowest BCUT2D eigenvalue weighted by molar-refractivity contribution is 0.102. The van der Waals surface area contributed by atoms with Crippen molar-refractivity contribution in [2.75, 3.05) is 10.6 Å². The summed E-state index contributed by atoms with van der Waals surface area (Å²) < 4.78 is 0. The predicted octanol–water partition coefficient (Wildman–Crippen LogP) is 6.03. The van der Waals surface area contributed by atoms with Gasteiger partial charge in [0.15, 0.2) is 0 Å². The number of halogens is 1. The average Bonchev–Trinajstić information content (AvgIpc) is 2.64. The van der Waals surface area contributed by atoms with Crippen molar-refractivity contribution in [3.63, 3.8) is 0 Å². The Morgan fingerprint density at radius 3 is 2.15 bits per heavy atom. The fourth-order valence-electron chi connectivity index (χ4n) is 2.58. The number of carbonyl (C=O) groups is 1. The van der Waals surface area contributed by atoms with Crippen LogP contribution < -0.4 is 10.6 Å². The highest BCUT2D eigenvalue weighted by atomic mass is 35.5. The van der Waals surface area contributed by atoms with Crippen molar-refractivity contribution in [2.45, 2.75) is 26.2 Å². The number of aromatic nitrogens is 1. The Balaban J connectivity index is 1.66. The molecule has 0 spiro atoms. The van der Waals surface area contributed by atoms with Crippen LogP contribution in [0.5, 0.6) is 0 Å². The van der Waals surface area contributed by atoms with E-state index in [1.54, 1.807) is 30.5 Å². The summed E-state index contributed by atoms with van der Waals surface area (Å²) in [7, 11) is 0. The van der Waals surface area contributed by atoms with Crippen LogP contribution in [0.3, 0.4) is 0 Å². The molecule has 0 unspecified atom stereocenters. The number of hydrogen-bond acceptors (Lipinski definition) is 3. The molecular weight excluding hydrogens is 358 g/mol. The van der Waals surface area contributed by atoms with Gasteiger partial charge in [-0.3, -0.25) is 4.79 Å². The first-order chi connectivity index (χ1) is 12.8.